The number of halogens is 1. The van der Waals surface area contributed by atoms with E-state index in [0.717, 1.165) is 16.0 Å². The predicted molar refractivity (Wildman–Crippen MR) is 96.8 cm³/mol. The molecule has 4 aromatic heterocycles. The van der Waals surface area contributed by atoms with Gasteiger partial charge in [0.15, 0.2) is 5.01 Å². The summed E-state index contributed by atoms with van der Waals surface area (Å²) in [6.07, 6.45) is 3.57. The minimum atomic E-state index is -0.224. The summed E-state index contributed by atoms with van der Waals surface area (Å²) < 4.78 is 2.23. The van der Waals surface area contributed by atoms with Crippen molar-refractivity contribution in [2.75, 3.05) is 0 Å². The second kappa shape index (κ2) is 6.35. The molecule has 1 N–H and O–H groups in total. The quantitative estimate of drug-likeness (QED) is 0.585. The van der Waals surface area contributed by atoms with Crippen molar-refractivity contribution >= 4 is 45.7 Å². The van der Waals surface area contributed by atoms with E-state index in [2.05, 4.69) is 15.4 Å². The standard InChI is InChI=1S/C16H11ClN4OS2/c17-14-13(11-9-19-21-6-2-1-5-12(11)21)20-16(24-14)15(22)18-8-10-4-3-7-23-10/h1-7,9H,8H2,(H,18,22). The number of fused-ring (bicyclic) bond motifs is 1. The average molecular weight is 375 g/mol. The maximum absolute atomic E-state index is 12.3. The normalized spacial score (nSPS) is 11.0. The van der Waals surface area contributed by atoms with Crippen molar-refractivity contribution in [1.29, 1.82) is 0 Å². The molecule has 4 rings (SSSR count). The summed E-state index contributed by atoms with van der Waals surface area (Å²) in [4.78, 5) is 17.8. The lowest BCUT2D eigenvalue weighted by Gasteiger charge is -1.99. The third-order valence-electron chi connectivity index (χ3n) is 3.46. The van der Waals surface area contributed by atoms with Gasteiger partial charge in [-0.3, -0.25) is 4.79 Å². The smallest absolute Gasteiger partial charge is 0.280 e. The molecule has 0 unspecified atom stereocenters. The lowest BCUT2D eigenvalue weighted by atomic mass is 10.2. The van der Waals surface area contributed by atoms with E-state index in [1.807, 2.05) is 41.9 Å². The fourth-order valence-corrected chi connectivity index (χ4v) is 4.07. The zero-order valence-corrected chi connectivity index (χ0v) is 14.7. The molecule has 0 saturated heterocycles. The fraction of sp³-hybridized carbons (Fsp3) is 0.0625. The molecule has 0 radical (unpaired) electrons. The summed E-state index contributed by atoms with van der Waals surface area (Å²) in [5, 5.41) is 9.47. The molecule has 0 aliphatic heterocycles. The van der Waals surface area contributed by atoms with Crippen molar-refractivity contribution in [2.24, 2.45) is 0 Å². The molecular weight excluding hydrogens is 364 g/mol. The first kappa shape index (κ1) is 15.3. The first-order chi connectivity index (χ1) is 11.7. The van der Waals surface area contributed by atoms with Crippen LogP contribution in [0.3, 0.4) is 0 Å². The van der Waals surface area contributed by atoms with Crippen LogP contribution >= 0.6 is 34.3 Å². The fourth-order valence-electron chi connectivity index (χ4n) is 2.34. The molecule has 120 valence electrons. The first-order valence-electron chi connectivity index (χ1n) is 7.12. The lowest BCUT2D eigenvalue weighted by Crippen LogP contribution is -2.22. The van der Waals surface area contributed by atoms with E-state index < -0.39 is 0 Å². The van der Waals surface area contributed by atoms with Crippen LogP contribution in [0.2, 0.25) is 4.34 Å². The number of aromatic nitrogens is 3. The van der Waals surface area contributed by atoms with Gasteiger partial charge in [0, 0.05) is 16.6 Å². The second-order valence-corrected chi connectivity index (χ2v) is 7.63. The molecule has 0 spiro atoms. The van der Waals surface area contributed by atoms with Gasteiger partial charge in [-0.05, 0) is 23.6 Å². The third kappa shape index (κ3) is 2.82. The van der Waals surface area contributed by atoms with Gasteiger partial charge in [0.1, 0.15) is 10.0 Å². The van der Waals surface area contributed by atoms with Gasteiger partial charge >= 0.3 is 0 Å². The molecule has 0 aromatic carbocycles. The monoisotopic (exact) mass is 374 g/mol. The van der Waals surface area contributed by atoms with Crippen LogP contribution in [0.15, 0.2) is 48.1 Å². The maximum atomic E-state index is 12.3. The molecule has 24 heavy (non-hydrogen) atoms. The van der Waals surface area contributed by atoms with Crippen molar-refractivity contribution in [2.45, 2.75) is 6.54 Å². The van der Waals surface area contributed by atoms with E-state index in [4.69, 9.17) is 11.6 Å². The third-order valence-corrected chi connectivity index (χ3v) is 5.59. The van der Waals surface area contributed by atoms with Gasteiger partial charge in [-0.25, -0.2) is 9.50 Å². The lowest BCUT2D eigenvalue weighted by molar-refractivity contribution is 0.0951. The molecule has 5 nitrogen and oxygen atoms in total. The number of hydrogen-bond acceptors (Lipinski definition) is 5. The van der Waals surface area contributed by atoms with Crippen molar-refractivity contribution in [3.8, 4) is 11.3 Å². The number of nitrogens with zero attached hydrogens (tertiary/aromatic N) is 3. The Morgan fingerprint density at radius 3 is 3.04 bits per heavy atom. The number of amides is 1. The molecule has 0 atom stereocenters. The van der Waals surface area contributed by atoms with Crippen molar-refractivity contribution in [3.05, 3.63) is 62.3 Å². The van der Waals surface area contributed by atoms with Crippen LogP contribution < -0.4 is 5.32 Å². The van der Waals surface area contributed by atoms with Crippen LogP contribution in [0.4, 0.5) is 0 Å². The number of pyridine rings is 1. The Labute approximate surface area is 150 Å². The van der Waals surface area contributed by atoms with Gasteiger partial charge in [-0.2, -0.15) is 5.10 Å². The highest BCUT2D eigenvalue weighted by Crippen LogP contribution is 2.34. The molecule has 0 fully saturated rings. The first-order valence-corrected chi connectivity index (χ1v) is 9.19. The summed E-state index contributed by atoms with van der Waals surface area (Å²) in [5.41, 5.74) is 2.30. The van der Waals surface area contributed by atoms with Gasteiger partial charge in [-0.1, -0.05) is 35.1 Å². The van der Waals surface area contributed by atoms with Crippen LogP contribution in [0.5, 0.6) is 0 Å². The topological polar surface area (TPSA) is 59.3 Å². The van der Waals surface area contributed by atoms with Gasteiger partial charge < -0.3 is 5.32 Å². The number of rotatable bonds is 4. The Bertz CT molecular complexity index is 1010. The van der Waals surface area contributed by atoms with Crippen LogP contribution in [0.25, 0.3) is 16.8 Å². The summed E-state index contributed by atoms with van der Waals surface area (Å²) >= 11 is 9.10. The predicted octanol–water partition coefficient (Wildman–Crippen LogP) is 4.10. The molecular formula is C16H11ClN4OS2. The van der Waals surface area contributed by atoms with Crippen molar-refractivity contribution < 1.29 is 4.79 Å². The number of carbonyl (C=O) groups excluding carboxylic acids is 1. The maximum Gasteiger partial charge on any atom is 0.280 e. The van der Waals surface area contributed by atoms with E-state index in [0.29, 0.717) is 21.6 Å². The van der Waals surface area contributed by atoms with Crippen LogP contribution in [0, 0.1) is 0 Å². The average Bonchev–Trinajstić information content (AvgIpc) is 3.32. The molecule has 1 amide bonds. The molecule has 0 aliphatic carbocycles. The summed E-state index contributed by atoms with van der Waals surface area (Å²) in [6.45, 7) is 0.486. The van der Waals surface area contributed by atoms with Crippen molar-refractivity contribution in [3.63, 3.8) is 0 Å². The zero-order chi connectivity index (χ0) is 16.5. The van der Waals surface area contributed by atoms with Gasteiger partial charge in [-0.15, -0.1) is 11.3 Å². The number of hydrogen-bond donors (Lipinski definition) is 1. The van der Waals surface area contributed by atoms with E-state index in [9.17, 15) is 4.79 Å². The highest BCUT2D eigenvalue weighted by atomic mass is 35.5. The Morgan fingerprint density at radius 2 is 2.21 bits per heavy atom. The second-order valence-electron chi connectivity index (χ2n) is 4.99. The molecule has 4 aromatic rings. The molecule has 4 heterocycles. The van der Waals surface area contributed by atoms with Gasteiger partial charge in [0.25, 0.3) is 5.91 Å². The molecule has 0 saturated carbocycles. The van der Waals surface area contributed by atoms with Gasteiger partial charge in [0.2, 0.25) is 0 Å². The minimum Gasteiger partial charge on any atom is -0.345 e. The van der Waals surface area contributed by atoms with Crippen LogP contribution in [-0.2, 0) is 6.54 Å². The largest absolute Gasteiger partial charge is 0.345 e. The zero-order valence-electron chi connectivity index (χ0n) is 12.3. The number of thiophene rings is 1. The summed E-state index contributed by atoms with van der Waals surface area (Å²) in [5.74, 6) is -0.224. The molecule has 8 heteroatoms. The highest BCUT2D eigenvalue weighted by Gasteiger charge is 2.19. The van der Waals surface area contributed by atoms with Crippen molar-refractivity contribution in [1.82, 2.24) is 19.9 Å². The Kier molecular flexibility index (Phi) is 4.05. The summed E-state index contributed by atoms with van der Waals surface area (Å²) in [6, 6.07) is 9.69. The Balaban J connectivity index is 1.61. The SMILES string of the molecule is O=C(NCc1cccs1)c1nc(-c2cnn3ccccc23)c(Cl)s1. The Hall–Kier alpha value is -2.22. The number of nitrogens with one attached hydrogen (secondary N) is 1. The van der Waals surface area contributed by atoms with Crippen LogP contribution in [-0.4, -0.2) is 20.5 Å². The van der Waals surface area contributed by atoms with E-state index >= 15 is 0 Å². The summed E-state index contributed by atoms with van der Waals surface area (Å²) in [7, 11) is 0. The highest BCUT2D eigenvalue weighted by molar-refractivity contribution is 7.18. The number of carbonyl (C=O) groups is 1. The van der Waals surface area contributed by atoms with E-state index in [1.165, 1.54) is 11.3 Å². The molecule has 0 aliphatic rings. The van der Waals surface area contributed by atoms with Crippen LogP contribution in [0.1, 0.15) is 14.7 Å². The number of thiazole rings is 1. The van der Waals surface area contributed by atoms with E-state index in [-0.39, 0.29) is 5.91 Å². The molecule has 0 bridgehead atoms. The Morgan fingerprint density at radius 1 is 1.29 bits per heavy atom. The van der Waals surface area contributed by atoms with E-state index in [1.54, 1.807) is 22.0 Å². The van der Waals surface area contributed by atoms with Gasteiger partial charge in [0.05, 0.1) is 18.3 Å². The minimum absolute atomic E-state index is 0.224.